The minimum atomic E-state index is 0.160. The van der Waals surface area contributed by atoms with Crippen LogP contribution >= 0.6 is 0 Å². The number of para-hydroxylation sites is 1. The summed E-state index contributed by atoms with van der Waals surface area (Å²) < 4.78 is 4.13. The predicted molar refractivity (Wildman–Crippen MR) is 100 cm³/mol. The van der Waals surface area contributed by atoms with Crippen LogP contribution in [-0.4, -0.2) is 9.36 Å². The van der Waals surface area contributed by atoms with Crippen LogP contribution in [0.1, 0.15) is 56.7 Å². The normalized spacial score (nSPS) is 33.1. The summed E-state index contributed by atoms with van der Waals surface area (Å²) in [5, 5.41) is 0. The molecule has 4 bridgehead atoms. The van der Waals surface area contributed by atoms with Gasteiger partial charge in [-0.25, -0.2) is 4.68 Å². The van der Waals surface area contributed by atoms with Crippen molar-refractivity contribution in [3.05, 3.63) is 51.9 Å². The second kappa shape index (κ2) is 5.36. The molecule has 4 aliphatic carbocycles. The van der Waals surface area contributed by atoms with Gasteiger partial charge in [0.15, 0.2) is 0 Å². The fourth-order valence-electron chi connectivity index (χ4n) is 6.88. The molecule has 1 heterocycles. The number of hydrogen-bond acceptors (Lipinski definition) is 1. The van der Waals surface area contributed by atoms with Gasteiger partial charge in [0.1, 0.15) is 0 Å². The molecule has 4 fully saturated rings. The Morgan fingerprint density at radius 3 is 2.08 bits per heavy atom. The average molecular weight is 336 g/mol. The van der Waals surface area contributed by atoms with E-state index in [4.69, 9.17) is 0 Å². The molecule has 0 aliphatic heterocycles. The quantitative estimate of drug-likeness (QED) is 0.814. The van der Waals surface area contributed by atoms with Crippen molar-refractivity contribution in [1.29, 1.82) is 0 Å². The van der Waals surface area contributed by atoms with E-state index in [1.54, 1.807) is 0 Å². The first-order valence-electron chi connectivity index (χ1n) is 9.99. The third-order valence-electron chi connectivity index (χ3n) is 7.24. The van der Waals surface area contributed by atoms with Crippen molar-refractivity contribution in [3.8, 4) is 5.69 Å². The molecule has 4 saturated carbocycles. The van der Waals surface area contributed by atoms with Gasteiger partial charge >= 0.3 is 0 Å². The maximum absolute atomic E-state index is 13.5. The van der Waals surface area contributed by atoms with Gasteiger partial charge < -0.3 is 0 Å². The number of hydrogen-bond donors (Lipinski definition) is 0. The van der Waals surface area contributed by atoms with Crippen LogP contribution in [-0.2, 0) is 12.0 Å². The SMILES string of the molecule is CCn1c(=O)c(C23CC4CC(CC(C4)C2)C3)c(C)n1-c1ccccc1. The molecule has 0 N–H and O–H groups in total. The van der Waals surface area contributed by atoms with Crippen molar-refractivity contribution in [1.82, 2.24) is 9.36 Å². The molecule has 0 unspecified atom stereocenters. The zero-order valence-corrected chi connectivity index (χ0v) is 15.4. The second-order valence-corrected chi connectivity index (χ2v) is 8.83. The summed E-state index contributed by atoms with van der Waals surface area (Å²) in [4.78, 5) is 13.5. The van der Waals surface area contributed by atoms with E-state index in [2.05, 4.69) is 42.8 Å². The lowest BCUT2D eigenvalue weighted by atomic mass is 9.48. The van der Waals surface area contributed by atoms with Crippen molar-refractivity contribution in [2.75, 3.05) is 0 Å². The molecule has 0 radical (unpaired) electrons. The molecule has 3 heteroatoms. The maximum Gasteiger partial charge on any atom is 0.271 e. The fraction of sp³-hybridized carbons (Fsp3) is 0.591. The van der Waals surface area contributed by atoms with Crippen LogP contribution in [0.15, 0.2) is 35.1 Å². The summed E-state index contributed by atoms with van der Waals surface area (Å²) in [5.74, 6) is 2.58. The third-order valence-corrected chi connectivity index (χ3v) is 7.24. The molecular weight excluding hydrogens is 308 g/mol. The Kier molecular flexibility index (Phi) is 3.32. The van der Waals surface area contributed by atoms with Crippen molar-refractivity contribution in [3.63, 3.8) is 0 Å². The lowest BCUT2D eigenvalue weighted by Crippen LogP contribution is -2.50. The highest BCUT2D eigenvalue weighted by Crippen LogP contribution is 2.60. The molecule has 6 rings (SSSR count). The largest absolute Gasteiger partial charge is 0.271 e. The van der Waals surface area contributed by atoms with Crippen molar-refractivity contribution in [2.45, 2.75) is 64.3 Å². The Bertz CT molecular complexity index is 823. The van der Waals surface area contributed by atoms with Gasteiger partial charge in [-0.05, 0) is 82.3 Å². The van der Waals surface area contributed by atoms with Gasteiger partial charge in [0.05, 0.1) is 5.69 Å². The summed E-state index contributed by atoms with van der Waals surface area (Å²) in [6.07, 6.45) is 7.99. The highest BCUT2D eigenvalue weighted by molar-refractivity contribution is 5.39. The summed E-state index contributed by atoms with van der Waals surface area (Å²) in [6, 6.07) is 10.4. The first-order chi connectivity index (χ1) is 12.1. The van der Waals surface area contributed by atoms with Gasteiger partial charge in [0, 0.05) is 23.2 Å². The van der Waals surface area contributed by atoms with Crippen LogP contribution < -0.4 is 5.56 Å². The molecule has 1 aromatic heterocycles. The van der Waals surface area contributed by atoms with Gasteiger partial charge in [0.25, 0.3) is 5.56 Å². The molecule has 25 heavy (non-hydrogen) atoms. The van der Waals surface area contributed by atoms with Crippen LogP contribution in [0.4, 0.5) is 0 Å². The van der Waals surface area contributed by atoms with Gasteiger partial charge in [-0.2, -0.15) is 0 Å². The Labute approximate surface area is 149 Å². The molecule has 0 atom stereocenters. The van der Waals surface area contributed by atoms with Crippen LogP contribution in [0.2, 0.25) is 0 Å². The summed E-state index contributed by atoms with van der Waals surface area (Å²) in [7, 11) is 0. The van der Waals surface area contributed by atoms with Crippen molar-refractivity contribution < 1.29 is 0 Å². The van der Waals surface area contributed by atoms with Gasteiger partial charge in [-0.3, -0.25) is 9.48 Å². The first-order valence-corrected chi connectivity index (χ1v) is 9.99. The molecule has 132 valence electrons. The van der Waals surface area contributed by atoms with Crippen LogP contribution in [0.5, 0.6) is 0 Å². The third kappa shape index (κ3) is 2.14. The van der Waals surface area contributed by atoms with Gasteiger partial charge in [-0.15, -0.1) is 0 Å². The topological polar surface area (TPSA) is 26.9 Å². The summed E-state index contributed by atoms with van der Waals surface area (Å²) >= 11 is 0. The molecule has 3 nitrogen and oxygen atoms in total. The lowest BCUT2D eigenvalue weighted by Gasteiger charge is -2.56. The monoisotopic (exact) mass is 336 g/mol. The van der Waals surface area contributed by atoms with Gasteiger partial charge in [0.2, 0.25) is 0 Å². The highest BCUT2D eigenvalue weighted by atomic mass is 16.1. The van der Waals surface area contributed by atoms with E-state index in [0.29, 0.717) is 0 Å². The van der Waals surface area contributed by atoms with E-state index in [1.807, 2.05) is 10.7 Å². The zero-order valence-electron chi connectivity index (χ0n) is 15.4. The summed E-state index contributed by atoms with van der Waals surface area (Å²) in [6.45, 7) is 4.99. The fourth-order valence-corrected chi connectivity index (χ4v) is 6.88. The molecule has 0 spiro atoms. The smallest absolute Gasteiger partial charge is 0.267 e. The average Bonchev–Trinajstić information content (AvgIpc) is 2.84. The molecule has 1 aromatic carbocycles. The highest BCUT2D eigenvalue weighted by Gasteiger charge is 2.53. The number of aromatic nitrogens is 2. The minimum absolute atomic E-state index is 0.160. The molecule has 0 saturated heterocycles. The number of rotatable bonds is 3. The molecule has 0 amide bonds. The molecule has 2 aromatic rings. The van der Waals surface area contributed by atoms with Crippen molar-refractivity contribution in [2.24, 2.45) is 17.8 Å². The second-order valence-electron chi connectivity index (χ2n) is 8.83. The maximum atomic E-state index is 13.5. The number of benzene rings is 1. The first kappa shape index (κ1) is 15.5. The van der Waals surface area contributed by atoms with Crippen molar-refractivity contribution >= 4 is 0 Å². The van der Waals surface area contributed by atoms with E-state index in [1.165, 1.54) is 44.2 Å². The van der Waals surface area contributed by atoms with E-state index in [9.17, 15) is 4.79 Å². The Hall–Kier alpha value is -1.77. The van der Waals surface area contributed by atoms with Crippen LogP contribution in [0.25, 0.3) is 5.69 Å². The summed E-state index contributed by atoms with van der Waals surface area (Å²) in [5.41, 5.74) is 3.87. The lowest BCUT2D eigenvalue weighted by molar-refractivity contribution is -0.00599. The Morgan fingerprint density at radius 1 is 1.00 bits per heavy atom. The van der Waals surface area contributed by atoms with Crippen LogP contribution in [0.3, 0.4) is 0 Å². The molecular formula is C22H28N2O. The molecule has 4 aliphatic rings. The van der Waals surface area contributed by atoms with E-state index >= 15 is 0 Å². The number of nitrogens with zero attached hydrogens (tertiary/aromatic N) is 2. The van der Waals surface area contributed by atoms with Gasteiger partial charge in [-0.1, -0.05) is 18.2 Å². The zero-order chi connectivity index (χ0) is 17.2. The van der Waals surface area contributed by atoms with Crippen LogP contribution in [0, 0.1) is 24.7 Å². The predicted octanol–water partition coefficient (Wildman–Crippen LogP) is 4.44. The Morgan fingerprint density at radius 2 is 1.56 bits per heavy atom. The Balaban J connectivity index is 1.71. The minimum Gasteiger partial charge on any atom is -0.267 e. The van der Waals surface area contributed by atoms with E-state index < -0.39 is 0 Å². The van der Waals surface area contributed by atoms with E-state index in [-0.39, 0.29) is 11.0 Å². The standard InChI is InChI=1S/C22H28N2O/c1-3-23-21(25)20(15(2)24(23)19-7-5-4-6-8-19)22-12-16-9-17(13-22)11-18(10-16)14-22/h4-8,16-18H,3,9-14H2,1-2H3. The van der Waals surface area contributed by atoms with E-state index in [0.717, 1.165) is 35.5 Å².